The molecule has 0 radical (unpaired) electrons. The highest BCUT2D eigenvalue weighted by molar-refractivity contribution is 6.32. The second-order valence-corrected chi connectivity index (χ2v) is 13.0. The number of nitrogens with one attached hydrogen (secondary N) is 3. The summed E-state index contributed by atoms with van der Waals surface area (Å²) < 4.78 is 7.65. The van der Waals surface area contributed by atoms with Gasteiger partial charge in [-0.15, -0.1) is 0 Å². The monoisotopic (exact) mass is 585 g/mol. The molecule has 3 saturated carbocycles. The van der Waals surface area contributed by atoms with Crippen molar-refractivity contribution in [3.05, 3.63) is 23.1 Å². The van der Waals surface area contributed by atoms with Gasteiger partial charge in [-0.2, -0.15) is 5.10 Å². The van der Waals surface area contributed by atoms with E-state index in [4.69, 9.17) is 21.3 Å². The van der Waals surface area contributed by atoms with Gasteiger partial charge in [0.1, 0.15) is 6.10 Å². The third kappa shape index (κ3) is 9.05. The molecule has 10 heteroatoms. The minimum absolute atomic E-state index is 0.0738. The highest BCUT2D eigenvalue weighted by Gasteiger charge is 2.27. The summed E-state index contributed by atoms with van der Waals surface area (Å²) in [6.45, 7) is 3.83. The van der Waals surface area contributed by atoms with Crippen LogP contribution in [0.4, 0.5) is 10.7 Å². The van der Waals surface area contributed by atoms with Crippen LogP contribution in [0.25, 0.3) is 11.3 Å². The second-order valence-electron chi connectivity index (χ2n) is 12.6. The lowest BCUT2D eigenvalue weighted by atomic mass is 9.91. The van der Waals surface area contributed by atoms with Gasteiger partial charge in [0.25, 0.3) is 0 Å². The van der Waals surface area contributed by atoms with Crippen molar-refractivity contribution < 1.29 is 9.53 Å². The number of aromatic nitrogens is 4. The molecule has 0 bridgehead atoms. The van der Waals surface area contributed by atoms with Gasteiger partial charge in [-0.05, 0) is 95.4 Å². The van der Waals surface area contributed by atoms with E-state index in [1.165, 1.54) is 31.4 Å². The number of hydrogen-bond donors (Lipinski definition) is 3. The number of carbonyl (C=O) groups excluding carboxylic acids is 1. The van der Waals surface area contributed by atoms with Crippen LogP contribution in [0, 0.1) is 11.8 Å². The van der Waals surface area contributed by atoms with E-state index in [1.54, 1.807) is 6.20 Å². The second kappa shape index (κ2) is 14.7. The minimum Gasteiger partial charge on any atom is -0.446 e. The smallest absolute Gasteiger partial charge is 0.407 e. The van der Waals surface area contributed by atoms with Gasteiger partial charge in [0, 0.05) is 36.9 Å². The summed E-state index contributed by atoms with van der Waals surface area (Å²) in [6, 6.07) is 0.841. The molecule has 0 saturated heterocycles. The maximum absolute atomic E-state index is 12.2. The maximum Gasteiger partial charge on any atom is 0.407 e. The van der Waals surface area contributed by atoms with E-state index in [1.807, 2.05) is 17.9 Å². The highest BCUT2D eigenvalue weighted by Crippen LogP contribution is 2.37. The zero-order chi connectivity index (χ0) is 28.6. The number of carbonyl (C=O) groups is 1. The Morgan fingerprint density at radius 3 is 2.59 bits per heavy atom. The molecule has 2 aromatic heterocycles. The van der Waals surface area contributed by atoms with Gasteiger partial charge in [0.2, 0.25) is 5.95 Å². The Bertz CT molecular complexity index is 1130. The van der Waals surface area contributed by atoms with Crippen molar-refractivity contribution in [3.8, 4) is 11.3 Å². The Hall–Kier alpha value is -2.39. The van der Waals surface area contributed by atoms with E-state index in [-0.39, 0.29) is 12.2 Å². The third-order valence-electron chi connectivity index (χ3n) is 9.08. The van der Waals surface area contributed by atoms with Gasteiger partial charge in [-0.3, -0.25) is 4.68 Å². The number of hydrogen-bond acceptors (Lipinski definition) is 7. The average Bonchev–Trinajstić information content (AvgIpc) is 3.71. The highest BCUT2D eigenvalue weighted by atomic mass is 35.5. The number of alkyl carbamates (subject to hydrolysis) is 1. The van der Waals surface area contributed by atoms with Crippen molar-refractivity contribution in [1.82, 2.24) is 30.4 Å². The predicted molar refractivity (Wildman–Crippen MR) is 163 cm³/mol. The van der Waals surface area contributed by atoms with Crippen LogP contribution >= 0.6 is 11.6 Å². The maximum atomic E-state index is 12.2. The summed E-state index contributed by atoms with van der Waals surface area (Å²) in [6.07, 6.45) is 19.1. The van der Waals surface area contributed by atoms with Crippen LogP contribution in [0.3, 0.4) is 0 Å². The molecule has 0 aliphatic heterocycles. The molecule has 3 fully saturated rings. The Labute approximate surface area is 250 Å². The number of rotatable bonds is 11. The molecular formula is C31H48ClN7O2. The summed E-state index contributed by atoms with van der Waals surface area (Å²) in [5.74, 6) is 2.12. The van der Waals surface area contributed by atoms with Crippen molar-refractivity contribution in [2.45, 2.75) is 115 Å². The molecule has 0 aromatic carbocycles. The number of nitrogens with zero attached hydrogens (tertiary/aromatic N) is 4. The van der Waals surface area contributed by atoms with Crippen LogP contribution < -0.4 is 16.0 Å². The minimum atomic E-state index is -0.259. The number of anilines is 1. The molecule has 3 aliphatic carbocycles. The van der Waals surface area contributed by atoms with Gasteiger partial charge in [0.05, 0.1) is 23.1 Å². The SMILES string of the molecule is CC1CCCCC(OC(=O)NCCCNC2CCC(Nc3ncc(Cl)c(-c4cnn(C)c4CC4CC4)n3)CC2)CC1. The average molecular weight is 586 g/mol. The Balaban J connectivity index is 0.992. The molecule has 41 heavy (non-hydrogen) atoms. The lowest BCUT2D eigenvalue weighted by molar-refractivity contribution is 0.0777. The summed E-state index contributed by atoms with van der Waals surface area (Å²) in [7, 11) is 1.99. The summed E-state index contributed by atoms with van der Waals surface area (Å²) >= 11 is 6.55. The number of ether oxygens (including phenoxy) is 1. The number of aryl methyl sites for hydroxylation is 1. The van der Waals surface area contributed by atoms with Crippen LogP contribution in [0.15, 0.2) is 12.4 Å². The molecule has 3 aliphatic rings. The van der Waals surface area contributed by atoms with E-state index in [9.17, 15) is 4.79 Å². The largest absolute Gasteiger partial charge is 0.446 e. The van der Waals surface area contributed by atoms with E-state index in [0.29, 0.717) is 29.6 Å². The molecule has 2 unspecified atom stereocenters. The molecule has 0 spiro atoms. The van der Waals surface area contributed by atoms with Crippen molar-refractivity contribution in [2.24, 2.45) is 18.9 Å². The third-order valence-corrected chi connectivity index (χ3v) is 9.36. The van der Waals surface area contributed by atoms with E-state index in [0.717, 1.165) is 93.8 Å². The Kier molecular flexibility index (Phi) is 10.8. The molecule has 2 heterocycles. The fourth-order valence-corrected chi connectivity index (χ4v) is 6.46. The zero-order valence-corrected chi connectivity index (χ0v) is 25.6. The number of halogens is 1. The summed E-state index contributed by atoms with van der Waals surface area (Å²) in [5, 5.41) is 15.2. The first kappa shape index (κ1) is 30.1. The number of amides is 1. The Morgan fingerprint density at radius 1 is 1.00 bits per heavy atom. The van der Waals surface area contributed by atoms with E-state index >= 15 is 0 Å². The van der Waals surface area contributed by atoms with Crippen molar-refractivity contribution in [1.29, 1.82) is 0 Å². The summed E-state index contributed by atoms with van der Waals surface area (Å²) in [4.78, 5) is 21.5. The van der Waals surface area contributed by atoms with Crippen LogP contribution in [0.2, 0.25) is 5.02 Å². The van der Waals surface area contributed by atoms with Gasteiger partial charge in [-0.1, -0.05) is 31.4 Å². The Morgan fingerprint density at radius 2 is 1.78 bits per heavy atom. The van der Waals surface area contributed by atoms with E-state index < -0.39 is 0 Å². The van der Waals surface area contributed by atoms with Gasteiger partial charge in [0.15, 0.2) is 0 Å². The normalized spacial score (nSPS) is 25.2. The van der Waals surface area contributed by atoms with Crippen LogP contribution in [0.5, 0.6) is 0 Å². The molecular weight excluding hydrogens is 538 g/mol. The van der Waals surface area contributed by atoms with Gasteiger partial charge >= 0.3 is 6.09 Å². The molecule has 3 N–H and O–H groups in total. The quantitative estimate of drug-likeness (QED) is 0.267. The molecule has 2 atom stereocenters. The topological polar surface area (TPSA) is 106 Å². The van der Waals surface area contributed by atoms with Crippen molar-refractivity contribution in [3.63, 3.8) is 0 Å². The van der Waals surface area contributed by atoms with Crippen molar-refractivity contribution >= 4 is 23.6 Å². The molecule has 2 aromatic rings. The van der Waals surface area contributed by atoms with Gasteiger partial charge in [-0.25, -0.2) is 14.8 Å². The predicted octanol–water partition coefficient (Wildman–Crippen LogP) is 6.27. The first-order chi connectivity index (χ1) is 19.9. The van der Waals surface area contributed by atoms with Crippen LogP contribution in [0.1, 0.15) is 96.1 Å². The first-order valence-corrected chi connectivity index (χ1v) is 16.3. The molecule has 9 nitrogen and oxygen atoms in total. The zero-order valence-electron chi connectivity index (χ0n) is 24.8. The fourth-order valence-electron chi connectivity index (χ4n) is 6.27. The molecule has 1 amide bonds. The lowest BCUT2D eigenvalue weighted by Crippen LogP contribution is -2.38. The lowest BCUT2D eigenvalue weighted by Gasteiger charge is -2.30. The molecule has 5 rings (SSSR count). The fraction of sp³-hybridized carbons (Fsp3) is 0.742. The molecule has 226 valence electrons. The first-order valence-electron chi connectivity index (χ1n) is 15.9. The van der Waals surface area contributed by atoms with Crippen LogP contribution in [-0.4, -0.2) is 57.1 Å². The standard InChI is InChI=1S/C31H48ClN7O2/c1-21-6-3-4-7-25(15-8-21)41-31(40)34-17-5-16-33-23-11-13-24(14-12-23)37-30-35-20-27(32)29(38-30)26-19-36-39(2)28(26)18-22-9-10-22/h19-25,33H,3-18H2,1-2H3,(H,34,40)(H,35,37,38). The van der Waals surface area contributed by atoms with Gasteiger partial charge < -0.3 is 20.7 Å². The van der Waals surface area contributed by atoms with Crippen LogP contribution in [-0.2, 0) is 18.2 Å². The van der Waals surface area contributed by atoms with E-state index in [2.05, 4.69) is 33.0 Å². The summed E-state index contributed by atoms with van der Waals surface area (Å²) in [5.41, 5.74) is 2.97. The van der Waals surface area contributed by atoms with Crippen molar-refractivity contribution in [2.75, 3.05) is 18.4 Å².